The second-order valence-corrected chi connectivity index (χ2v) is 10.5. The molecule has 0 aliphatic carbocycles. The molecule has 1 aromatic heterocycles. The quantitative estimate of drug-likeness (QED) is 0.267. The number of anilines is 1. The third-order valence-electron chi connectivity index (χ3n) is 5.21. The van der Waals surface area contributed by atoms with Crippen LogP contribution in [0.2, 0.25) is 5.02 Å². The van der Waals surface area contributed by atoms with Gasteiger partial charge in [-0.15, -0.1) is 11.3 Å². The summed E-state index contributed by atoms with van der Waals surface area (Å²) in [5.41, 5.74) is 1.74. The van der Waals surface area contributed by atoms with E-state index in [1.54, 1.807) is 22.3 Å². The standard InChI is InChI=1S/C21H28ClN3O2S2.C6H6/c1-4-15(2)12-20(27)25(18-8-7-17(22)13-16(18)14-23-3)10-9-19(26)24-29-21-6-5-11-28-21;1-2-4-6-5-3-1/h5-8,11,13,15,23H,4,9-10,12,14H2,1-3H3,(H,24,26);1-6H. The number of nitrogens with zero attached hydrogens (tertiary/aromatic N) is 1. The first kappa shape index (κ1) is 28.9. The number of thiophene rings is 1. The van der Waals surface area contributed by atoms with Gasteiger partial charge in [0.1, 0.15) is 0 Å². The van der Waals surface area contributed by atoms with Crippen molar-refractivity contribution < 1.29 is 9.59 Å². The highest BCUT2D eigenvalue weighted by Crippen LogP contribution is 2.27. The lowest BCUT2D eigenvalue weighted by Crippen LogP contribution is -2.36. The van der Waals surface area contributed by atoms with Crippen LogP contribution in [0, 0.1) is 5.92 Å². The molecule has 0 spiro atoms. The fourth-order valence-corrected chi connectivity index (χ4v) is 4.75. The van der Waals surface area contributed by atoms with Crippen LogP contribution in [0.5, 0.6) is 0 Å². The largest absolute Gasteiger partial charge is 0.316 e. The predicted octanol–water partition coefficient (Wildman–Crippen LogP) is 6.79. The number of hydrogen-bond donors (Lipinski definition) is 2. The maximum Gasteiger partial charge on any atom is 0.231 e. The summed E-state index contributed by atoms with van der Waals surface area (Å²) in [6, 6.07) is 21.4. The summed E-state index contributed by atoms with van der Waals surface area (Å²) < 4.78 is 3.87. The monoisotopic (exact) mass is 531 g/mol. The first-order valence-corrected chi connectivity index (χ1v) is 13.7. The van der Waals surface area contributed by atoms with Crippen molar-refractivity contribution in [3.8, 4) is 0 Å². The van der Waals surface area contributed by atoms with Gasteiger partial charge in [-0.2, -0.15) is 0 Å². The van der Waals surface area contributed by atoms with E-state index in [0.717, 1.165) is 21.9 Å². The van der Waals surface area contributed by atoms with Gasteiger partial charge in [-0.3, -0.25) is 14.3 Å². The first-order valence-electron chi connectivity index (χ1n) is 11.7. The number of rotatable bonds is 11. The summed E-state index contributed by atoms with van der Waals surface area (Å²) >= 11 is 9.04. The van der Waals surface area contributed by atoms with E-state index in [9.17, 15) is 9.59 Å². The van der Waals surface area contributed by atoms with Gasteiger partial charge >= 0.3 is 0 Å². The molecule has 0 bridgehead atoms. The van der Waals surface area contributed by atoms with Crippen LogP contribution >= 0.6 is 34.9 Å². The Labute approximate surface area is 222 Å². The maximum absolute atomic E-state index is 13.0. The summed E-state index contributed by atoms with van der Waals surface area (Å²) in [6.45, 7) is 5.05. The van der Waals surface area contributed by atoms with Crippen LogP contribution in [0.1, 0.15) is 38.7 Å². The molecule has 0 saturated carbocycles. The number of hydrogen-bond acceptors (Lipinski definition) is 5. The van der Waals surface area contributed by atoms with E-state index >= 15 is 0 Å². The SMILES string of the molecule is CCC(C)CC(=O)N(CCC(=O)NSc1cccs1)c1ccc(Cl)cc1CNC.c1ccccc1. The molecule has 2 amide bonds. The molecular weight excluding hydrogens is 498 g/mol. The molecule has 0 aliphatic heterocycles. The van der Waals surface area contributed by atoms with Crippen molar-refractivity contribution in [3.05, 3.63) is 82.7 Å². The Bertz CT molecular complexity index is 990. The Morgan fingerprint density at radius 2 is 1.77 bits per heavy atom. The molecule has 188 valence electrons. The lowest BCUT2D eigenvalue weighted by molar-refractivity contribution is -0.120. The average Bonchev–Trinajstić information content (AvgIpc) is 3.39. The Morgan fingerprint density at radius 3 is 2.34 bits per heavy atom. The van der Waals surface area contributed by atoms with Gasteiger partial charge < -0.3 is 10.2 Å². The molecule has 0 aliphatic rings. The van der Waals surface area contributed by atoms with Crippen molar-refractivity contribution in [2.45, 2.75) is 43.9 Å². The van der Waals surface area contributed by atoms with Crippen molar-refractivity contribution in [2.24, 2.45) is 5.92 Å². The minimum absolute atomic E-state index is 0.0257. The Hall–Kier alpha value is -2.32. The van der Waals surface area contributed by atoms with Crippen molar-refractivity contribution in [1.82, 2.24) is 10.0 Å². The molecule has 2 aromatic carbocycles. The Morgan fingerprint density at radius 1 is 1.09 bits per heavy atom. The normalized spacial score (nSPS) is 11.2. The second kappa shape index (κ2) is 16.4. The van der Waals surface area contributed by atoms with Crippen LogP contribution in [0.15, 0.2) is 76.3 Å². The van der Waals surface area contributed by atoms with Gasteiger partial charge in [0.2, 0.25) is 11.8 Å². The zero-order valence-corrected chi connectivity index (χ0v) is 22.9. The van der Waals surface area contributed by atoms with Crippen LogP contribution in [-0.4, -0.2) is 25.4 Å². The summed E-state index contributed by atoms with van der Waals surface area (Å²) in [5.74, 6) is 0.208. The fourth-order valence-electron chi connectivity index (χ4n) is 3.16. The number of halogens is 1. The molecule has 0 fully saturated rings. The van der Waals surface area contributed by atoms with E-state index in [1.807, 2.05) is 73.1 Å². The minimum atomic E-state index is -0.103. The highest BCUT2D eigenvalue weighted by molar-refractivity contribution is 7.99. The van der Waals surface area contributed by atoms with Gasteiger partial charge in [-0.1, -0.05) is 74.3 Å². The zero-order chi connectivity index (χ0) is 25.5. The summed E-state index contributed by atoms with van der Waals surface area (Å²) in [5, 5.41) is 5.71. The van der Waals surface area contributed by atoms with Crippen molar-refractivity contribution in [2.75, 3.05) is 18.5 Å². The fraction of sp³-hybridized carbons (Fsp3) is 0.333. The second-order valence-electron chi connectivity index (χ2n) is 8.03. The van der Waals surface area contributed by atoms with E-state index in [-0.39, 0.29) is 24.2 Å². The lowest BCUT2D eigenvalue weighted by Gasteiger charge is -2.26. The molecule has 35 heavy (non-hydrogen) atoms. The average molecular weight is 532 g/mol. The Kier molecular flexibility index (Phi) is 13.5. The van der Waals surface area contributed by atoms with Crippen LogP contribution in [0.4, 0.5) is 5.69 Å². The van der Waals surface area contributed by atoms with E-state index in [4.69, 9.17) is 11.6 Å². The molecule has 5 nitrogen and oxygen atoms in total. The Balaban J connectivity index is 0.000000625. The number of carbonyl (C=O) groups excluding carboxylic acids is 2. The zero-order valence-electron chi connectivity index (χ0n) is 20.5. The molecule has 1 atom stereocenters. The molecule has 3 rings (SSSR count). The van der Waals surface area contributed by atoms with Crippen LogP contribution in [-0.2, 0) is 16.1 Å². The highest BCUT2D eigenvalue weighted by atomic mass is 35.5. The van der Waals surface area contributed by atoms with Gasteiger partial charge in [-0.25, -0.2) is 0 Å². The smallest absolute Gasteiger partial charge is 0.231 e. The third kappa shape index (κ3) is 10.9. The van der Waals surface area contributed by atoms with Crippen molar-refractivity contribution >= 4 is 52.4 Å². The summed E-state index contributed by atoms with van der Waals surface area (Å²) in [6.07, 6.45) is 1.61. The number of benzene rings is 2. The molecule has 0 saturated heterocycles. The molecule has 3 aromatic rings. The van der Waals surface area contributed by atoms with Crippen molar-refractivity contribution in [3.63, 3.8) is 0 Å². The van der Waals surface area contributed by atoms with Crippen LogP contribution < -0.4 is 14.9 Å². The highest BCUT2D eigenvalue weighted by Gasteiger charge is 2.21. The van der Waals surface area contributed by atoms with E-state index in [2.05, 4.69) is 23.9 Å². The van der Waals surface area contributed by atoms with E-state index < -0.39 is 0 Å². The number of amides is 2. The van der Waals surface area contributed by atoms with E-state index in [1.165, 1.54) is 11.9 Å². The molecule has 1 heterocycles. The van der Waals surface area contributed by atoms with Gasteiger partial charge in [0.05, 0.1) is 4.21 Å². The molecular formula is C27H34ClN3O2S2. The molecule has 1 unspecified atom stereocenters. The number of carbonyl (C=O) groups is 2. The van der Waals surface area contributed by atoms with Crippen LogP contribution in [0.3, 0.4) is 0 Å². The van der Waals surface area contributed by atoms with Gasteiger partial charge in [0.15, 0.2) is 0 Å². The van der Waals surface area contributed by atoms with Crippen molar-refractivity contribution in [1.29, 1.82) is 0 Å². The summed E-state index contributed by atoms with van der Waals surface area (Å²) in [4.78, 5) is 27.1. The maximum atomic E-state index is 13.0. The summed E-state index contributed by atoms with van der Waals surface area (Å²) in [7, 11) is 1.85. The minimum Gasteiger partial charge on any atom is -0.316 e. The molecule has 8 heteroatoms. The van der Waals surface area contributed by atoms with Gasteiger partial charge in [-0.05, 0) is 60.1 Å². The predicted molar refractivity (Wildman–Crippen MR) is 150 cm³/mol. The lowest BCUT2D eigenvalue weighted by atomic mass is 10.0. The van der Waals surface area contributed by atoms with E-state index in [0.29, 0.717) is 24.5 Å². The van der Waals surface area contributed by atoms with Crippen LogP contribution in [0.25, 0.3) is 0 Å². The first-order chi connectivity index (χ1) is 16.9. The molecule has 0 radical (unpaired) electrons. The third-order valence-corrected chi connectivity index (χ3v) is 7.31. The number of nitrogens with one attached hydrogen (secondary N) is 2. The van der Waals surface area contributed by atoms with Gasteiger partial charge in [0.25, 0.3) is 0 Å². The topological polar surface area (TPSA) is 61.4 Å². The molecule has 2 N–H and O–H groups in total. The van der Waals surface area contributed by atoms with Gasteiger partial charge in [0, 0.05) is 36.6 Å².